The molecule has 23 heavy (non-hydrogen) atoms. The summed E-state index contributed by atoms with van der Waals surface area (Å²) in [6, 6.07) is 17.4. The van der Waals surface area contributed by atoms with Gasteiger partial charge in [-0.1, -0.05) is 36.4 Å². The fourth-order valence-electron chi connectivity index (χ4n) is 2.73. The highest BCUT2D eigenvalue weighted by Crippen LogP contribution is 2.48. The largest absolute Gasteiger partial charge is 0.496 e. The summed E-state index contributed by atoms with van der Waals surface area (Å²) in [5.41, 5.74) is 0.788. The molecule has 120 valence electrons. The van der Waals surface area contributed by atoms with Crippen LogP contribution in [0.1, 0.15) is 24.8 Å². The van der Waals surface area contributed by atoms with Crippen molar-refractivity contribution in [2.45, 2.75) is 24.8 Å². The zero-order chi connectivity index (χ0) is 16.1. The second kappa shape index (κ2) is 6.73. The van der Waals surface area contributed by atoms with Crippen LogP contribution in [0.25, 0.3) is 0 Å². The predicted molar refractivity (Wildman–Crippen MR) is 88.6 cm³/mol. The Morgan fingerprint density at radius 3 is 2.48 bits per heavy atom. The van der Waals surface area contributed by atoms with Gasteiger partial charge in [-0.3, -0.25) is 4.79 Å². The zero-order valence-corrected chi connectivity index (χ0v) is 13.2. The lowest BCUT2D eigenvalue weighted by atomic mass is 10.0. The summed E-state index contributed by atoms with van der Waals surface area (Å²) in [5, 5.41) is 3.15. The van der Waals surface area contributed by atoms with Gasteiger partial charge in [0.25, 0.3) is 0 Å². The summed E-state index contributed by atoms with van der Waals surface area (Å²) < 4.78 is 11.0. The number of ether oxygens (including phenoxy) is 2. The van der Waals surface area contributed by atoms with E-state index in [4.69, 9.17) is 9.47 Å². The van der Waals surface area contributed by atoms with Crippen LogP contribution in [-0.2, 0) is 10.3 Å². The van der Waals surface area contributed by atoms with E-state index in [1.807, 2.05) is 54.6 Å². The lowest BCUT2D eigenvalue weighted by Crippen LogP contribution is -2.35. The third-order valence-electron chi connectivity index (χ3n) is 4.09. The summed E-state index contributed by atoms with van der Waals surface area (Å²) >= 11 is 0. The Morgan fingerprint density at radius 2 is 1.78 bits per heavy atom. The predicted octanol–water partition coefficient (Wildman–Crippen LogP) is 3.27. The fraction of sp³-hybridized carbons (Fsp3) is 0.316. The molecule has 0 bridgehead atoms. The first-order valence-electron chi connectivity index (χ1n) is 7.86. The Hall–Kier alpha value is -2.49. The standard InChI is InChI=1S/C19H21NO3/c1-22-17-10-6-5-9-16(17)19(12-13-19)20-18(21)11-14-23-15-7-3-2-4-8-15/h2-10H,11-14H2,1H3,(H,20,21). The first-order chi connectivity index (χ1) is 11.2. The third kappa shape index (κ3) is 3.65. The first-order valence-corrected chi connectivity index (χ1v) is 7.86. The van der Waals surface area contributed by atoms with Crippen LogP contribution in [-0.4, -0.2) is 19.6 Å². The normalized spacial score (nSPS) is 14.8. The molecule has 1 amide bonds. The monoisotopic (exact) mass is 311 g/mol. The van der Waals surface area contributed by atoms with E-state index in [1.165, 1.54) is 0 Å². The third-order valence-corrected chi connectivity index (χ3v) is 4.09. The molecule has 4 nitrogen and oxygen atoms in total. The molecular weight excluding hydrogens is 290 g/mol. The maximum atomic E-state index is 12.2. The van der Waals surface area contributed by atoms with E-state index in [0.717, 1.165) is 29.9 Å². The Labute approximate surface area is 136 Å². The molecule has 1 aliphatic carbocycles. The number of rotatable bonds is 7. The second-order valence-corrected chi connectivity index (χ2v) is 5.74. The number of benzene rings is 2. The van der Waals surface area contributed by atoms with Crippen molar-refractivity contribution in [1.82, 2.24) is 5.32 Å². The Kier molecular flexibility index (Phi) is 4.51. The van der Waals surface area contributed by atoms with Crippen molar-refractivity contribution in [3.63, 3.8) is 0 Å². The maximum absolute atomic E-state index is 12.2. The van der Waals surface area contributed by atoms with Crippen molar-refractivity contribution in [2.24, 2.45) is 0 Å². The molecule has 0 spiro atoms. The van der Waals surface area contributed by atoms with E-state index < -0.39 is 0 Å². The molecule has 0 saturated heterocycles. The number of methoxy groups -OCH3 is 1. The van der Waals surface area contributed by atoms with Crippen molar-refractivity contribution in [3.8, 4) is 11.5 Å². The van der Waals surface area contributed by atoms with Gasteiger partial charge in [-0.2, -0.15) is 0 Å². The highest BCUT2D eigenvalue weighted by atomic mass is 16.5. The number of hydrogen-bond donors (Lipinski definition) is 1. The minimum atomic E-state index is -0.267. The molecule has 4 heteroatoms. The van der Waals surface area contributed by atoms with Crippen LogP contribution in [0.3, 0.4) is 0 Å². The van der Waals surface area contributed by atoms with Gasteiger partial charge < -0.3 is 14.8 Å². The van der Waals surface area contributed by atoms with Crippen LogP contribution in [0.4, 0.5) is 0 Å². The van der Waals surface area contributed by atoms with Crippen LogP contribution in [0, 0.1) is 0 Å². The zero-order valence-electron chi connectivity index (χ0n) is 13.2. The Morgan fingerprint density at radius 1 is 1.09 bits per heavy atom. The average molecular weight is 311 g/mol. The van der Waals surface area contributed by atoms with Gasteiger partial charge in [0.05, 0.1) is 25.7 Å². The molecule has 0 unspecified atom stereocenters. The minimum absolute atomic E-state index is 0.00402. The van der Waals surface area contributed by atoms with Crippen LogP contribution < -0.4 is 14.8 Å². The van der Waals surface area contributed by atoms with Gasteiger partial charge in [0, 0.05) is 5.56 Å². The SMILES string of the molecule is COc1ccccc1C1(NC(=O)CCOc2ccccc2)CC1. The van der Waals surface area contributed by atoms with Crippen molar-refractivity contribution >= 4 is 5.91 Å². The van der Waals surface area contributed by atoms with Gasteiger partial charge in [-0.05, 0) is 31.0 Å². The number of amides is 1. The smallest absolute Gasteiger partial charge is 0.224 e. The van der Waals surface area contributed by atoms with E-state index in [-0.39, 0.29) is 11.4 Å². The van der Waals surface area contributed by atoms with Crippen LogP contribution in [0.2, 0.25) is 0 Å². The van der Waals surface area contributed by atoms with E-state index in [1.54, 1.807) is 7.11 Å². The minimum Gasteiger partial charge on any atom is -0.496 e. The molecule has 1 saturated carbocycles. The summed E-state index contributed by atoms with van der Waals surface area (Å²) in [4.78, 5) is 12.2. The van der Waals surface area contributed by atoms with E-state index in [2.05, 4.69) is 5.32 Å². The fourth-order valence-corrected chi connectivity index (χ4v) is 2.73. The van der Waals surface area contributed by atoms with Crippen LogP contribution in [0.5, 0.6) is 11.5 Å². The van der Waals surface area contributed by atoms with Gasteiger partial charge in [0.1, 0.15) is 11.5 Å². The maximum Gasteiger partial charge on any atom is 0.224 e. The van der Waals surface area contributed by atoms with E-state index in [0.29, 0.717) is 13.0 Å². The average Bonchev–Trinajstić information content (AvgIpc) is 3.36. The van der Waals surface area contributed by atoms with Crippen LogP contribution >= 0.6 is 0 Å². The molecule has 0 aromatic heterocycles. The van der Waals surface area contributed by atoms with Crippen LogP contribution in [0.15, 0.2) is 54.6 Å². The second-order valence-electron chi connectivity index (χ2n) is 5.74. The van der Waals surface area contributed by atoms with Crippen molar-refractivity contribution in [3.05, 3.63) is 60.2 Å². The van der Waals surface area contributed by atoms with Gasteiger partial charge in [-0.15, -0.1) is 0 Å². The van der Waals surface area contributed by atoms with E-state index in [9.17, 15) is 4.79 Å². The number of nitrogens with one attached hydrogen (secondary N) is 1. The lowest BCUT2D eigenvalue weighted by Gasteiger charge is -2.20. The summed E-state index contributed by atoms with van der Waals surface area (Å²) in [5.74, 6) is 1.61. The quantitative estimate of drug-likeness (QED) is 0.853. The molecule has 0 aliphatic heterocycles. The van der Waals surface area contributed by atoms with Gasteiger partial charge in [0.15, 0.2) is 0 Å². The summed E-state index contributed by atoms with van der Waals surface area (Å²) in [6.07, 6.45) is 2.23. The molecular formula is C19H21NO3. The summed E-state index contributed by atoms with van der Waals surface area (Å²) in [6.45, 7) is 0.373. The van der Waals surface area contributed by atoms with Gasteiger partial charge >= 0.3 is 0 Å². The topological polar surface area (TPSA) is 47.6 Å². The van der Waals surface area contributed by atoms with Gasteiger partial charge in [-0.25, -0.2) is 0 Å². The molecule has 2 aromatic carbocycles. The lowest BCUT2D eigenvalue weighted by molar-refractivity contribution is -0.122. The molecule has 2 aromatic rings. The first kappa shape index (κ1) is 15.4. The van der Waals surface area contributed by atoms with Crippen molar-refractivity contribution in [1.29, 1.82) is 0 Å². The highest BCUT2D eigenvalue weighted by molar-refractivity contribution is 5.78. The molecule has 1 N–H and O–H groups in total. The van der Waals surface area contributed by atoms with Crippen molar-refractivity contribution < 1.29 is 14.3 Å². The molecule has 3 rings (SSSR count). The number of carbonyl (C=O) groups is 1. The number of carbonyl (C=O) groups excluding carboxylic acids is 1. The number of para-hydroxylation sites is 2. The Balaban J connectivity index is 1.55. The van der Waals surface area contributed by atoms with E-state index >= 15 is 0 Å². The highest BCUT2D eigenvalue weighted by Gasteiger charge is 2.47. The van der Waals surface area contributed by atoms with Crippen molar-refractivity contribution in [2.75, 3.05) is 13.7 Å². The summed E-state index contributed by atoms with van der Waals surface area (Å²) in [7, 11) is 1.66. The van der Waals surface area contributed by atoms with Gasteiger partial charge in [0.2, 0.25) is 5.91 Å². The molecule has 0 atom stereocenters. The number of hydrogen-bond acceptors (Lipinski definition) is 3. The molecule has 1 aliphatic rings. The molecule has 0 radical (unpaired) electrons. The molecule has 0 heterocycles. The molecule has 1 fully saturated rings. The Bertz CT molecular complexity index is 665.